The van der Waals surface area contributed by atoms with Gasteiger partial charge in [0, 0.05) is 28.9 Å². The summed E-state index contributed by atoms with van der Waals surface area (Å²) < 4.78 is 0. The highest BCUT2D eigenvalue weighted by atomic mass is 14.8. The van der Waals surface area contributed by atoms with Crippen LogP contribution in [0.2, 0.25) is 0 Å². The topological polar surface area (TPSA) is 51.8 Å². The average Bonchev–Trinajstić information content (AvgIpc) is 2.48. The highest BCUT2D eigenvalue weighted by Gasteiger charge is 2.09. The average molecular weight is 277 g/mol. The van der Waals surface area contributed by atoms with Crippen LogP contribution in [0.4, 0.5) is 5.82 Å². The molecule has 0 aliphatic carbocycles. The van der Waals surface area contributed by atoms with Crippen LogP contribution in [0.1, 0.15) is 19.4 Å². The van der Waals surface area contributed by atoms with Crippen molar-refractivity contribution in [3.63, 3.8) is 0 Å². The zero-order valence-corrected chi connectivity index (χ0v) is 12.4. The minimum absolute atomic E-state index is 0.551. The van der Waals surface area contributed by atoms with E-state index in [-0.39, 0.29) is 0 Å². The van der Waals surface area contributed by atoms with E-state index in [9.17, 15) is 0 Å². The lowest BCUT2D eigenvalue weighted by Gasteiger charge is -2.11. The van der Waals surface area contributed by atoms with Crippen molar-refractivity contribution in [2.75, 3.05) is 5.73 Å². The molecule has 0 bridgehead atoms. The van der Waals surface area contributed by atoms with Gasteiger partial charge in [0.25, 0.3) is 0 Å². The number of rotatable bonds is 3. The molecule has 0 atom stereocenters. The van der Waals surface area contributed by atoms with E-state index in [1.165, 1.54) is 0 Å². The summed E-state index contributed by atoms with van der Waals surface area (Å²) >= 11 is 0. The predicted octanol–water partition coefficient (Wildman–Crippen LogP) is 4.08. The number of fused-ring (bicyclic) bond motifs is 1. The third-order valence-electron chi connectivity index (χ3n) is 3.57. The van der Waals surface area contributed by atoms with Crippen LogP contribution in [0, 0.1) is 5.92 Å². The van der Waals surface area contributed by atoms with Crippen molar-refractivity contribution in [3.8, 4) is 11.1 Å². The monoisotopic (exact) mass is 277 g/mol. The maximum absolute atomic E-state index is 6.00. The molecular formula is C18H19N3. The molecular weight excluding hydrogens is 258 g/mol. The van der Waals surface area contributed by atoms with Crippen molar-refractivity contribution in [1.82, 2.24) is 9.97 Å². The Balaban J connectivity index is 2.15. The van der Waals surface area contributed by atoms with Crippen molar-refractivity contribution < 1.29 is 0 Å². The van der Waals surface area contributed by atoms with Crippen LogP contribution >= 0.6 is 0 Å². The smallest absolute Gasteiger partial charge is 0.126 e. The Kier molecular flexibility index (Phi) is 3.57. The van der Waals surface area contributed by atoms with Crippen LogP contribution in [-0.2, 0) is 6.42 Å². The fraction of sp³-hybridized carbons (Fsp3) is 0.222. The maximum Gasteiger partial charge on any atom is 0.126 e. The summed E-state index contributed by atoms with van der Waals surface area (Å²) in [6.45, 7) is 4.37. The van der Waals surface area contributed by atoms with Crippen LogP contribution in [0.3, 0.4) is 0 Å². The van der Waals surface area contributed by atoms with E-state index in [1.807, 2.05) is 18.5 Å². The quantitative estimate of drug-likeness (QED) is 0.785. The number of anilines is 1. The largest absolute Gasteiger partial charge is 0.383 e. The predicted molar refractivity (Wildman–Crippen MR) is 87.9 cm³/mol. The molecule has 3 nitrogen and oxygen atoms in total. The van der Waals surface area contributed by atoms with Gasteiger partial charge in [0.05, 0.1) is 5.52 Å². The van der Waals surface area contributed by atoms with Gasteiger partial charge in [-0.05, 0) is 30.0 Å². The van der Waals surface area contributed by atoms with Gasteiger partial charge in [-0.1, -0.05) is 38.1 Å². The van der Waals surface area contributed by atoms with Gasteiger partial charge in [0.1, 0.15) is 5.82 Å². The third-order valence-corrected chi connectivity index (χ3v) is 3.57. The maximum atomic E-state index is 6.00. The fourth-order valence-corrected chi connectivity index (χ4v) is 2.61. The lowest BCUT2D eigenvalue weighted by molar-refractivity contribution is 0.647. The van der Waals surface area contributed by atoms with E-state index < -0.39 is 0 Å². The van der Waals surface area contributed by atoms with Gasteiger partial charge in [0.2, 0.25) is 0 Å². The SMILES string of the molecule is CC(C)Cc1cc(-c2cccc3cccnc23)cnc1N. The summed E-state index contributed by atoms with van der Waals surface area (Å²) in [7, 11) is 0. The number of nitrogens with two attached hydrogens (primary N) is 1. The number of benzene rings is 1. The van der Waals surface area contributed by atoms with E-state index in [0.717, 1.165) is 34.0 Å². The Labute approximate surface area is 124 Å². The van der Waals surface area contributed by atoms with Crippen LogP contribution in [0.15, 0.2) is 48.8 Å². The third kappa shape index (κ3) is 2.72. The molecule has 0 fully saturated rings. The number of pyridine rings is 2. The molecule has 3 heteroatoms. The van der Waals surface area contributed by atoms with E-state index in [2.05, 4.69) is 54.1 Å². The van der Waals surface area contributed by atoms with Gasteiger partial charge in [-0.3, -0.25) is 4.98 Å². The number of nitrogen functional groups attached to an aromatic ring is 1. The van der Waals surface area contributed by atoms with Crippen LogP contribution in [-0.4, -0.2) is 9.97 Å². The van der Waals surface area contributed by atoms with E-state index in [0.29, 0.717) is 11.7 Å². The minimum Gasteiger partial charge on any atom is -0.383 e. The molecule has 0 spiro atoms. The van der Waals surface area contributed by atoms with Gasteiger partial charge in [-0.25, -0.2) is 4.98 Å². The number of nitrogens with zero attached hydrogens (tertiary/aromatic N) is 2. The Morgan fingerprint density at radius 1 is 1.10 bits per heavy atom. The highest BCUT2D eigenvalue weighted by molar-refractivity contribution is 5.93. The first-order valence-electron chi connectivity index (χ1n) is 7.23. The Hall–Kier alpha value is -2.42. The van der Waals surface area contributed by atoms with Gasteiger partial charge in [-0.15, -0.1) is 0 Å². The van der Waals surface area contributed by atoms with Gasteiger partial charge in [-0.2, -0.15) is 0 Å². The summed E-state index contributed by atoms with van der Waals surface area (Å²) in [5, 5.41) is 1.14. The molecule has 0 saturated carbocycles. The number of hydrogen-bond acceptors (Lipinski definition) is 3. The second-order valence-corrected chi connectivity index (χ2v) is 5.75. The van der Waals surface area contributed by atoms with E-state index in [1.54, 1.807) is 0 Å². The molecule has 106 valence electrons. The standard InChI is InChI=1S/C18H19N3/c1-12(2)9-14-10-15(11-21-18(14)19)16-7-3-5-13-6-4-8-20-17(13)16/h3-8,10-12H,9H2,1-2H3,(H2,19,21). The summed E-state index contributed by atoms with van der Waals surface area (Å²) in [6.07, 6.45) is 4.60. The first kappa shape index (κ1) is 13.6. The molecule has 3 aromatic rings. The number of aromatic nitrogens is 2. The van der Waals surface area contributed by atoms with Gasteiger partial charge >= 0.3 is 0 Å². The normalized spacial score (nSPS) is 11.2. The minimum atomic E-state index is 0.551. The van der Waals surface area contributed by atoms with Crippen molar-refractivity contribution in [2.45, 2.75) is 20.3 Å². The van der Waals surface area contributed by atoms with Crippen molar-refractivity contribution in [3.05, 3.63) is 54.4 Å². The van der Waals surface area contributed by atoms with Crippen molar-refractivity contribution in [1.29, 1.82) is 0 Å². The molecule has 0 radical (unpaired) electrons. The second kappa shape index (κ2) is 5.52. The molecule has 3 rings (SSSR count). The first-order valence-corrected chi connectivity index (χ1v) is 7.23. The number of para-hydroxylation sites is 1. The Morgan fingerprint density at radius 3 is 2.71 bits per heavy atom. The molecule has 2 N–H and O–H groups in total. The van der Waals surface area contributed by atoms with Crippen LogP contribution in [0.5, 0.6) is 0 Å². The van der Waals surface area contributed by atoms with Gasteiger partial charge < -0.3 is 5.73 Å². The van der Waals surface area contributed by atoms with E-state index >= 15 is 0 Å². The van der Waals surface area contributed by atoms with E-state index in [4.69, 9.17) is 5.73 Å². The van der Waals surface area contributed by atoms with Crippen LogP contribution in [0.25, 0.3) is 22.0 Å². The molecule has 1 aromatic carbocycles. The lowest BCUT2D eigenvalue weighted by atomic mass is 9.98. The van der Waals surface area contributed by atoms with Gasteiger partial charge in [0.15, 0.2) is 0 Å². The molecule has 2 heterocycles. The number of hydrogen-bond donors (Lipinski definition) is 1. The van der Waals surface area contributed by atoms with Crippen molar-refractivity contribution in [2.24, 2.45) is 5.92 Å². The molecule has 0 aliphatic rings. The lowest BCUT2D eigenvalue weighted by Crippen LogP contribution is -2.02. The fourth-order valence-electron chi connectivity index (χ4n) is 2.61. The molecule has 0 amide bonds. The molecule has 0 aliphatic heterocycles. The zero-order valence-electron chi connectivity index (χ0n) is 12.4. The molecule has 2 aromatic heterocycles. The summed E-state index contributed by atoms with van der Waals surface area (Å²) in [5.41, 5.74) is 10.3. The van der Waals surface area contributed by atoms with Crippen LogP contribution < -0.4 is 5.73 Å². The second-order valence-electron chi connectivity index (χ2n) is 5.75. The molecule has 21 heavy (non-hydrogen) atoms. The highest BCUT2D eigenvalue weighted by Crippen LogP contribution is 2.28. The Morgan fingerprint density at radius 2 is 1.90 bits per heavy atom. The Bertz CT molecular complexity index is 773. The zero-order chi connectivity index (χ0) is 14.8. The summed E-state index contributed by atoms with van der Waals surface area (Å²) in [5.74, 6) is 1.18. The first-order chi connectivity index (χ1) is 10.1. The summed E-state index contributed by atoms with van der Waals surface area (Å²) in [4.78, 5) is 8.88. The van der Waals surface area contributed by atoms with Crippen molar-refractivity contribution >= 4 is 16.7 Å². The summed E-state index contributed by atoms with van der Waals surface area (Å²) in [6, 6.07) is 12.4. The molecule has 0 unspecified atom stereocenters. The molecule has 0 saturated heterocycles.